The second-order valence-electron chi connectivity index (χ2n) is 4.70. The molecule has 0 radical (unpaired) electrons. The first-order valence-corrected chi connectivity index (χ1v) is 7.71. The van der Waals surface area contributed by atoms with Crippen molar-refractivity contribution in [3.8, 4) is 0 Å². The van der Waals surface area contributed by atoms with Gasteiger partial charge in [0.1, 0.15) is 0 Å². The van der Waals surface area contributed by atoms with Crippen molar-refractivity contribution in [2.75, 3.05) is 5.75 Å². The fourth-order valence-electron chi connectivity index (χ4n) is 1.81. The predicted molar refractivity (Wildman–Crippen MR) is 82.3 cm³/mol. The molecule has 0 amide bonds. The second kappa shape index (κ2) is 7.20. The zero-order chi connectivity index (χ0) is 14.4. The highest BCUT2D eigenvalue weighted by Gasteiger charge is 2.07. The van der Waals surface area contributed by atoms with Gasteiger partial charge in [0.25, 0.3) is 0 Å². The minimum absolute atomic E-state index is 0.113. The van der Waals surface area contributed by atoms with E-state index in [4.69, 9.17) is 0 Å². The van der Waals surface area contributed by atoms with Crippen molar-refractivity contribution in [1.82, 2.24) is 9.97 Å². The summed E-state index contributed by atoms with van der Waals surface area (Å²) in [5, 5.41) is 0.645. The fraction of sp³-hybridized carbons (Fsp3) is 0.312. The number of hydrogen-bond acceptors (Lipinski definition) is 4. The molecule has 0 bridgehead atoms. The molecule has 0 spiro atoms. The van der Waals surface area contributed by atoms with Crippen LogP contribution in [0.25, 0.3) is 0 Å². The molecule has 0 N–H and O–H groups in total. The van der Waals surface area contributed by atoms with Crippen LogP contribution in [-0.4, -0.2) is 21.5 Å². The van der Waals surface area contributed by atoms with Crippen molar-refractivity contribution in [3.05, 3.63) is 53.3 Å². The summed E-state index contributed by atoms with van der Waals surface area (Å²) in [6, 6.07) is 7.88. The molecule has 20 heavy (non-hydrogen) atoms. The average molecular weight is 286 g/mol. The predicted octanol–water partition coefficient (Wildman–Crippen LogP) is 3.71. The zero-order valence-electron chi connectivity index (χ0n) is 11.8. The normalized spacial score (nSPS) is 10.5. The first kappa shape index (κ1) is 14.7. The van der Waals surface area contributed by atoms with Gasteiger partial charge in [-0.2, -0.15) is 0 Å². The van der Waals surface area contributed by atoms with E-state index in [1.165, 1.54) is 17.3 Å². The molecule has 0 saturated carbocycles. The number of ketones is 1. The first-order valence-electron chi connectivity index (χ1n) is 6.72. The lowest BCUT2D eigenvalue weighted by Crippen LogP contribution is -2.03. The van der Waals surface area contributed by atoms with Crippen LogP contribution in [-0.2, 0) is 6.42 Å². The SMILES string of the molecule is CCCc1ccc(C(=O)CSc2ncc(C)cn2)cc1. The standard InChI is InChI=1S/C16H18N2OS/c1-3-4-13-5-7-14(8-6-13)15(19)11-20-16-17-9-12(2)10-18-16/h5-10H,3-4,11H2,1-2H3. The molecular weight excluding hydrogens is 268 g/mol. The zero-order valence-corrected chi connectivity index (χ0v) is 12.6. The van der Waals surface area contributed by atoms with Crippen LogP contribution in [0.3, 0.4) is 0 Å². The van der Waals surface area contributed by atoms with E-state index in [1.54, 1.807) is 12.4 Å². The molecule has 1 aromatic carbocycles. The number of carbonyl (C=O) groups is 1. The highest BCUT2D eigenvalue weighted by molar-refractivity contribution is 7.99. The van der Waals surface area contributed by atoms with Gasteiger partial charge in [-0.1, -0.05) is 49.4 Å². The minimum atomic E-state index is 0.113. The van der Waals surface area contributed by atoms with Crippen molar-refractivity contribution < 1.29 is 4.79 Å². The van der Waals surface area contributed by atoms with Crippen LogP contribution in [0.2, 0.25) is 0 Å². The van der Waals surface area contributed by atoms with Crippen molar-refractivity contribution in [2.45, 2.75) is 31.8 Å². The Balaban J connectivity index is 1.92. The van der Waals surface area contributed by atoms with Crippen LogP contribution >= 0.6 is 11.8 Å². The maximum Gasteiger partial charge on any atom is 0.187 e. The van der Waals surface area contributed by atoms with E-state index in [9.17, 15) is 4.79 Å². The minimum Gasteiger partial charge on any atom is -0.293 e. The van der Waals surface area contributed by atoms with E-state index >= 15 is 0 Å². The Bertz CT molecular complexity index is 564. The number of rotatable bonds is 6. The number of thioether (sulfide) groups is 1. The van der Waals surface area contributed by atoms with Crippen molar-refractivity contribution in [3.63, 3.8) is 0 Å². The Kier molecular flexibility index (Phi) is 5.30. The van der Waals surface area contributed by atoms with Crippen molar-refractivity contribution >= 4 is 17.5 Å². The summed E-state index contributed by atoms with van der Waals surface area (Å²) in [7, 11) is 0. The number of hydrogen-bond donors (Lipinski definition) is 0. The van der Waals surface area contributed by atoms with Gasteiger partial charge in [-0.15, -0.1) is 0 Å². The van der Waals surface area contributed by atoms with Crippen LogP contribution in [0.5, 0.6) is 0 Å². The molecule has 2 aromatic rings. The number of Topliss-reactive ketones (excluding diaryl/α,β-unsaturated/α-hetero) is 1. The third-order valence-electron chi connectivity index (χ3n) is 2.90. The van der Waals surface area contributed by atoms with Gasteiger partial charge in [-0.05, 0) is 24.5 Å². The summed E-state index contributed by atoms with van der Waals surface area (Å²) in [4.78, 5) is 20.4. The Morgan fingerprint density at radius 2 is 1.80 bits per heavy atom. The quantitative estimate of drug-likeness (QED) is 0.461. The number of nitrogens with zero attached hydrogens (tertiary/aromatic N) is 2. The van der Waals surface area contributed by atoms with Gasteiger partial charge >= 0.3 is 0 Å². The molecule has 0 fully saturated rings. The maximum absolute atomic E-state index is 12.1. The number of benzene rings is 1. The highest BCUT2D eigenvalue weighted by Crippen LogP contribution is 2.15. The fourth-order valence-corrected chi connectivity index (χ4v) is 2.50. The molecule has 0 aliphatic rings. The Hall–Kier alpha value is -1.68. The smallest absolute Gasteiger partial charge is 0.187 e. The summed E-state index contributed by atoms with van der Waals surface area (Å²) in [6.07, 6.45) is 5.70. The topological polar surface area (TPSA) is 42.9 Å². The lowest BCUT2D eigenvalue weighted by molar-refractivity contribution is 0.102. The molecule has 0 saturated heterocycles. The molecule has 104 valence electrons. The monoisotopic (exact) mass is 286 g/mol. The van der Waals surface area contributed by atoms with Crippen LogP contribution in [0.4, 0.5) is 0 Å². The van der Waals surface area contributed by atoms with E-state index in [0.717, 1.165) is 24.0 Å². The third-order valence-corrected chi connectivity index (χ3v) is 3.78. The van der Waals surface area contributed by atoms with Gasteiger partial charge in [0.05, 0.1) is 5.75 Å². The van der Waals surface area contributed by atoms with Gasteiger partial charge in [-0.3, -0.25) is 4.79 Å². The molecule has 0 aliphatic carbocycles. The molecule has 2 rings (SSSR count). The molecule has 3 nitrogen and oxygen atoms in total. The highest BCUT2D eigenvalue weighted by atomic mass is 32.2. The van der Waals surface area contributed by atoms with Crippen LogP contribution in [0.1, 0.15) is 34.8 Å². The van der Waals surface area contributed by atoms with E-state index < -0.39 is 0 Å². The second-order valence-corrected chi connectivity index (χ2v) is 5.64. The largest absolute Gasteiger partial charge is 0.293 e. The third kappa shape index (κ3) is 4.17. The van der Waals surface area contributed by atoms with Crippen LogP contribution < -0.4 is 0 Å². The van der Waals surface area contributed by atoms with Crippen LogP contribution in [0, 0.1) is 6.92 Å². The molecule has 0 unspecified atom stereocenters. The average Bonchev–Trinajstić information content (AvgIpc) is 2.47. The molecular formula is C16H18N2OS. The summed E-state index contributed by atoms with van der Waals surface area (Å²) >= 11 is 1.37. The van der Waals surface area contributed by atoms with Gasteiger partial charge in [0, 0.05) is 18.0 Å². The Labute approximate surface area is 123 Å². The summed E-state index contributed by atoms with van der Waals surface area (Å²) in [5.74, 6) is 0.484. The Morgan fingerprint density at radius 3 is 2.40 bits per heavy atom. The maximum atomic E-state index is 12.1. The summed E-state index contributed by atoms with van der Waals surface area (Å²) < 4.78 is 0. The van der Waals surface area contributed by atoms with Crippen molar-refractivity contribution in [2.24, 2.45) is 0 Å². The lowest BCUT2D eigenvalue weighted by Gasteiger charge is -2.03. The van der Waals surface area contributed by atoms with E-state index in [-0.39, 0.29) is 5.78 Å². The molecule has 0 atom stereocenters. The molecule has 1 heterocycles. The lowest BCUT2D eigenvalue weighted by atomic mass is 10.1. The molecule has 4 heteroatoms. The van der Waals surface area contributed by atoms with E-state index in [0.29, 0.717) is 10.9 Å². The molecule has 0 aliphatic heterocycles. The number of carbonyl (C=O) groups excluding carboxylic acids is 1. The van der Waals surface area contributed by atoms with E-state index in [1.807, 2.05) is 31.2 Å². The van der Waals surface area contributed by atoms with E-state index in [2.05, 4.69) is 16.9 Å². The van der Waals surface area contributed by atoms with Gasteiger partial charge in [0.15, 0.2) is 10.9 Å². The van der Waals surface area contributed by atoms with Crippen LogP contribution in [0.15, 0.2) is 41.8 Å². The Morgan fingerprint density at radius 1 is 1.15 bits per heavy atom. The van der Waals surface area contributed by atoms with Gasteiger partial charge in [0.2, 0.25) is 0 Å². The van der Waals surface area contributed by atoms with Gasteiger partial charge in [-0.25, -0.2) is 9.97 Å². The number of aromatic nitrogens is 2. The first-order chi connectivity index (χ1) is 9.69. The number of aryl methyl sites for hydroxylation is 2. The van der Waals surface area contributed by atoms with Crippen molar-refractivity contribution in [1.29, 1.82) is 0 Å². The summed E-state index contributed by atoms with van der Waals surface area (Å²) in [6.45, 7) is 4.09. The molecule has 1 aromatic heterocycles. The van der Waals surface area contributed by atoms with Gasteiger partial charge < -0.3 is 0 Å². The summed E-state index contributed by atoms with van der Waals surface area (Å²) in [5.41, 5.74) is 3.05.